The first-order valence-electron chi connectivity index (χ1n) is 36.2. The number of Topliss-reactive ketones (excluding diaryl/α,β-unsaturated/α-hetero) is 3. The SMILES string of the molecule is CO[C@H]1C[C@@H]2CC[C@@H](C)[C@@](O)(O2)C(=O)C(=O)N2CCCC[C@H]2C(=O)O[C@H]([C@H](C)C[C@@H]2CC[C@@H](OCCOCc3cn(CCOCCOCCNc4cccc5c4C(=O)N(C4CCC(=O)NC4=O)C5=O)nn3)[C@H](OC)C2)CC(=O)[C@H](C)C=C(C)[C@@H](O)[C@@H](OC)C(=O)[C@H](C)C[C@H](C)C=CC=CC=C1C. The molecule has 102 heavy (non-hydrogen) atoms. The molecule has 5 aliphatic heterocycles. The van der Waals surface area contributed by atoms with E-state index in [1.807, 2.05) is 58.1 Å². The van der Waals surface area contributed by atoms with E-state index in [0.29, 0.717) is 108 Å². The van der Waals surface area contributed by atoms with Crippen LogP contribution in [0.3, 0.4) is 0 Å². The van der Waals surface area contributed by atoms with Crippen molar-refractivity contribution in [1.82, 2.24) is 30.1 Å². The molecule has 2 bridgehead atoms. The smallest absolute Gasteiger partial charge is 0.329 e. The van der Waals surface area contributed by atoms with E-state index in [1.165, 1.54) is 18.1 Å². The number of imide groups is 2. The molecule has 1 aromatic heterocycles. The molecule has 6 heterocycles. The van der Waals surface area contributed by atoms with Gasteiger partial charge >= 0.3 is 5.97 Å². The summed E-state index contributed by atoms with van der Waals surface area (Å²) >= 11 is 0. The molecule has 8 rings (SSSR count). The first kappa shape index (κ1) is 80.6. The van der Waals surface area contributed by atoms with Gasteiger partial charge in [0.15, 0.2) is 5.78 Å². The summed E-state index contributed by atoms with van der Waals surface area (Å²) in [4.78, 5) is 125. The van der Waals surface area contributed by atoms with E-state index >= 15 is 0 Å². The molecule has 562 valence electrons. The molecule has 0 spiro atoms. The molecule has 1 saturated carbocycles. The number of piperidine rings is 2. The van der Waals surface area contributed by atoms with Crippen LogP contribution in [0, 0.1) is 35.5 Å². The summed E-state index contributed by atoms with van der Waals surface area (Å²) in [6.07, 6.45) is 13.1. The number of benzene rings is 1. The highest BCUT2D eigenvalue weighted by atomic mass is 16.6. The average Bonchev–Trinajstić information content (AvgIpc) is 1.46. The third kappa shape index (κ3) is 21.1. The summed E-state index contributed by atoms with van der Waals surface area (Å²) in [5.41, 5.74) is 2.65. The first-order valence-corrected chi connectivity index (χ1v) is 36.2. The number of hydrogen-bond donors (Lipinski definition) is 4. The number of fused-ring (bicyclic) bond motifs is 4. The van der Waals surface area contributed by atoms with Crippen LogP contribution in [0.1, 0.15) is 165 Å². The Labute approximate surface area is 598 Å². The molecule has 16 atom stereocenters. The van der Waals surface area contributed by atoms with E-state index in [0.717, 1.165) is 16.9 Å². The fourth-order valence-corrected chi connectivity index (χ4v) is 14.6. The highest BCUT2D eigenvalue weighted by Gasteiger charge is 2.53. The minimum absolute atomic E-state index is 0.0115. The van der Waals surface area contributed by atoms with Gasteiger partial charge in [-0.2, -0.15) is 0 Å². The molecule has 0 radical (unpaired) electrons. The van der Waals surface area contributed by atoms with Gasteiger partial charge in [-0.3, -0.25) is 48.6 Å². The zero-order valence-corrected chi connectivity index (χ0v) is 60.9. The molecule has 1 unspecified atom stereocenters. The molecule has 1 aliphatic carbocycles. The Morgan fingerprint density at radius 2 is 1.54 bits per heavy atom. The van der Waals surface area contributed by atoms with Gasteiger partial charge in [0.25, 0.3) is 23.5 Å². The van der Waals surface area contributed by atoms with Gasteiger partial charge in [0, 0.05) is 77.1 Å². The highest BCUT2D eigenvalue weighted by Crippen LogP contribution is 2.39. The number of ketones is 3. The molecular weight excluding hydrogens is 1320 g/mol. The second-order valence-corrected chi connectivity index (χ2v) is 28.3. The van der Waals surface area contributed by atoms with Crippen LogP contribution in [0.25, 0.3) is 0 Å². The van der Waals surface area contributed by atoms with Crippen LogP contribution < -0.4 is 10.6 Å². The number of methoxy groups -OCH3 is 3. The van der Waals surface area contributed by atoms with Crippen LogP contribution in [-0.4, -0.2) is 223 Å². The predicted molar refractivity (Wildman–Crippen MR) is 372 cm³/mol. The predicted octanol–water partition coefficient (Wildman–Crippen LogP) is 6.56. The monoisotopic (exact) mass is 1430 g/mol. The second-order valence-electron chi connectivity index (χ2n) is 28.3. The Kier molecular flexibility index (Phi) is 30.5. The van der Waals surface area contributed by atoms with Crippen LogP contribution in [0.5, 0.6) is 0 Å². The summed E-state index contributed by atoms with van der Waals surface area (Å²) in [7, 11) is 4.58. The van der Waals surface area contributed by atoms with Gasteiger partial charge in [-0.1, -0.05) is 82.4 Å². The van der Waals surface area contributed by atoms with Gasteiger partial charge in [0.2, 0.25) is 17.6 Å². The molecule has 1 aromatic carbocycles. The lowest BCUT2D eigenvalue weighted by molar-refractivity contribution is -0.265. The Morgan fingerprint density at radius 3 is 2.28 bits per heavy atom. The number of nitrogens with one attached hydrogen (secondary N) is 2. The second kappa shape index (κ2) is 38.6. The summed E-state index contributed by atoms with van der Waals surface area (Å²) in [6, 6.07) is 2.62. The maximum Gasteiger partial charge on any atom is 0.329 e. The number of aromatic nitrogens is 3. The Morgan fingerprint density at radius 1 is 0.775 bits per heavy atom. The number of cyclic esters (lactones) is 1. The molecule has 27 nitrogen and oxygen atoms in total. The van der Waals surface area contributed by atoms with E-state index in [2.05, 4.69) is 20.9 Å². The zero-order valence-electron chi connectivity index (χ0n) is 60.9. The minimum Gasteiger partial charge on any atom is -0.460 e. The molecule has 2 aromatic rings. The van der Waals surface area contributed by atoms with Crippen molar-refractivity contribution in [3.05, 3.63) is 88.8 Å². The van der Waals surface area contributed by atoms with Gasteiger partial charge in [-0.25, -0.2) is 9.48 Å². The lowest BCUT2D eigenvalue weighted by Crippen LogP contribution is -2.61. The van der Waals surface area contributed by atoms with Crippen LogP contribution in [-0.2, 0) is 89.3 Å². The number of aliphatic hydroxyl groups excluding tert-OH is 1. The number of carbonyl (C=O) groups excluding carboxylic acids is 9. The van der Waals surface area contributed by atoms with Crippen molar-refractivity contribution in [2.24, 2.45) is 35.5 Å². The van der Waals surface area contributed by atoms with Crippen LogP contribution in [0.2, 0.25) is 0 Å². The van der Waals surface area contributed by atoms with Crippen molar-refractivity contribution in [2.45, 2.75) is 212 Å². The van der Waals surface area contributed by atoms with Gasteiger partial charge in [0.05, 0.1) is 94.5 Å². The largest absolute Gasteiger partial charge is 0.460 e. The van der Waals surface area contributed by atoms with Crippen molar-refractivity contribution >= 4 is 58.5 Å². The van der Waals surface area contributed by atoms with Crippen molar-refractivity contribution in [3.63, 3.8) is 0 Å². The molecular formula is C75H107N7O20. The van der Waals surface area contributed by atoms with Crippen molar-refractivity contribution < 1.29 is 96.0 Å². The average molecular weight is 1430 g/mol. The van der Waals surface area contributed by atoms with E-state index in [9.17, 15) is 53.4 Å². The highest BCUT2D eigenvalue weighted by molar-refractivity contribution is 6.39. The molecule has 5 amide bonds. The Hall–Kier alpha value is -7.05. The zero-order chi connectivity index (χ0) is 73.8. The number of aliphatic hydroxyl groups is 2. The van der Waals surface area contributed by atoms with E-state index in [-0.39, 0.29) is 105 Å². The summed E-state index contributed by atoms with van der Waals surface area (Å²) < 4.78 is 55.5. The number of ether oxygens (including phenoxy) is 9. The summed E-state index contributed by atoms with van der Waals surface area (Å²) in [5.74, 6) is -10.7. The minimum atomic E-state index is -2.47. The summed E-state index contributed by atoms with van der Waals surface area (Å²) in [6.45, 7) is 15.5. The first-order chi connectivity index (χ1) is 48.9. The third-order valence-electron chi connectivity index (χ3n) is 20.7. The molecule has 3 saturated heterocycles. The lowest BCUT2D eigenvalue weighted by atomic mass is 9.78. The van der Waals surface area contributed by atoms with Gasteiger partial charge < -0.3 is 63.1 Å². The van der Waals surface area contributed by atoms with Gasteiger partial charge in [-0.15, -0.1) is 5.10 Å². The van der Waals surface area contributed by atoms with Gasteiger partial charge in [0.1, 0.15) is 41.9 Å². The number of allylic oxidation sites excluding steroid dienone is 6. The van der Waals surface area contributed by atoms with Crippen LogP contribution >= 0.6 is 0 Å². The van der Waals surface area contributed by atoms with E-state index in [4.69, 9.17) is 42.6 Å². The molecule has 4 fully saturated rings. The number of amides is 5. The molecule has 6 aliphatic rings. The van der Waals surface area contributed by atoms with Gasteiger partial charge in [-0.05, 0) is 126 Å². The van der Waals surface area contributed by atoms with Crippen molar-refractivity contribution in [3.8, 4) is 0 Å². The Bertz CT molecular complexity index is 3370. The van der Waals surface area contributed by atoms with Crippen molar-refractivity contribution in [2.75, 3.05) is 79.4 Å². The van der Waals surface area contributed by atoms with E-state index in [1.54, 1.807) is 64.1 Å². The number of hydrogen-bond acceptors (Lipinski definition) is 23. The standard InChI is InChI=1S/C75H107N7O20/c1-45-17-12-11-13-18-46(2)61(94-8)41-54-24-22-51(7)75(93,102-54)69(87)73(91)81-29-15-14-21-58(81)74(92)101-62(42-59(83)47(3)38-50(6)67(86)68(96-10)66(85)49(5)37-45)48(4)39-52-23-26-60(63(40-52)95-9)100-36-35-99-44-53-43-80(79-78-53)30-32-98-34-33-97-31-28-76-56-20-16-19-55-65(56)72(90)82(71(55)89)57-25-27-64(84)77-70(57)88/h11-13,16-20,38,43,45,47-49,51-52,54,57-58,60-63,67-68,76,86,93H,14-15,21-37,39-42,44H2,1-10H3,(H,77,84,88)/t45-,47-,48-,49-,51-,52+,54+,57?,58+,60-,61+,62+,63-,67-,68+,75-/m1/s1. The topological polar surface area (TPSA) is 338 Å². The quantitative estimate of drug-likeness (QED) is 0.0301. The Balaban J connectivity index is 0.818. The number of rotatable bonds is 23. The lowest BCUT2D eigenvalue weighted by Gasteiger charge is -2.42. The molecule has 27 heteroatoms. The van der Waals surface area contributed by atoms with Crippen LogP contribution in [0.4, 0.5) is 5.69 Å². The third-order valence-corrected chi connectivity index (χ3v) is 20.7. The van der Waals surface area contributed by atoms with Crippen molar-refractivity contribution in [1.29, 1.82) is 0 Å². The van der Waals surface area contributed by atoms with Crippen LogP contribution in [0.15, 0.2) is 72.0 Å². The summed E-state index contributed by atoms with van der Waals surface area (Å²) in [5, 5.41) is 37.5. The van der Waals surface area contributed by atoms with E-state index < -0.39 is 113 Å². The maximum absolute atomic E-state index is 14.7. The fraction of sp³-hybridized carbons (Fsp3) is 0.667. The number of carbonyl (C=O) groups is 9. The molecule has 4 N–H and O–H groups in total. The maximum atomic E-state index is 14.7. The normalized spacial score (nSPS) is 30.6. The number of nitrogens with zero attached hydrogens (tertiary/aromatic N) is 5. The fourth-order valence-electron chi connectivity index (χ4n) is 14.6. The number of esters is 1. The number of anilines is 1.